The Labute approximate surface area is 181 Å². The Kier molecular flexibility index (Phi) is 6.99. The van der Waals surface area contributed by atoms with Crippen molar-refractivity contribution in [2.75, 3.05) is 40.0 Å². The van der Waals surface area contributed by atoms with Crippen LogP contribution < -0.4 is 10.1 Å². The van der Waals surface area contributed by atoms with Gasteiger partial charge in [0.2, 0.25) is 0 Å². The van der Waals surface area contributed by atoms with Gasteiger partial charge < -0.3 is 24.4 Å². The number of morpholine rings is 1. The van der Waals surface area contributed by atoms with Crippen LogP contribution in [0.15, 0.2) is 18.2 Å². The van der Waals surface area contributed by atoms with Crippen LogP contribution in [0.4, 0.5) is 4.39 Å². The van der Waals surface area contributed by atoms with Gasteiger partial charge in [0.25, 0.3) is 5.91 Å². The van der Waals surface area contributed by atoms with Gasteiger partial charge in [-0.3, -0.25) is 4.79 Å². The van der Waals surface area contributed by atoms with Crippen molar-refractivity contribution in [1.29, 1.82) is 0 Å². The lowest BCUT2D eigenvalue weighted by atomic mass is 10.1. The maximum absolute atomic E-state index is 14.7. The molecule has 1 amide bonds. The van der Waals surface area contributed by atoms with Crippen LogP contribution in [0.5, 0.6) is 5.75 Å². The van der Waals surface area contributed by atoms with Crippen LogP contribution in [-0.2, 0) is 20.8 Å². The van der Waals surface area contributed by atoms with Crippen molar-refractivity contribution < 1.29 is 23.4 Å². The third kappa shape index (κ3) is 5.14. The Hall–Kier alpha value is -2.29. The normalized spacial score (nSPS) is 18.9. The summed E-state index contributed by atoms with van der Waals surface area (Å²) in [6, 6.07) is 5.18. The molecule has 2 aliphatic rings. The zero-order chi connectivity index (χ0) is 21.8. The van der Waals surface area contributed by atoms with Gasteiger partial charge in [-0.1, -0.05) is 6.07 Å². The van der Waals surface area contributed by atoms with Crippen molar-refractivity contribution in [2.24, 2.45) is 0 Å². The molecule has 2 aromatic rings. The van der Waals surface area contributed by atoms with Gasteiger partial charge in [-0.2, -0.15) is 0 Å². The van der Waals surface area contributed by atoms with Gasteiger partial charge in [0.15, 0.2) is 0 Å². The fraction of sp³-hybridized carbons (Fsp3) is 0.565. The number of aromatic nitrogens is 1. The van der Waals surface area contributed by atoms with Crippen molar-refractivity contribution >= 4 is 16.8 Å². The van der Waals surface area contributed by atoms with E-state index < -0.39 is 11.9 Å². The molecule has 1 aromatic heterocycles. The molecule has 2 fully saturated rings. The molecule has 0 spiro atoms. The number of rotatable bonds is 9. The molecule has 1 aromatic carbocycles. The van der Waals surface area contributed by atoms with Crippen LogP contribution in [0.3, 0.4) is 0 Å². The van der Waals surface area contributed by atoms with E-state index in [0.29, 0.717) is 49.7 Å². The summed E-state index contributed by atoms with van der Waals surface area (Å²) in [5.74, 6) is 0.157. The molecule has 4 rings (SSSR count). The number of aryl methyl sites for hydroxylation is 1. The highest BCUT2D eigenvalue weighted by Crippen LogP contribution is 2.33. The lowest BCUT2D eigenvalue weighted by molar-refractivity contribution is -0.146. The summed E-state index contributed by atoms with van der Waals surface area (Å²) in [6.45, 7) is 5.04. The second kappa shape index (κ2) is 9.89. The van der Waals surface area contributed by atoms with Gasteiger partial charge in [0, 0.05) is 50.7 Å². The number of nitrogens with zero attached hydrogens (tertiary/aromatic N) is 2. The average molecular weight is 432 g/mol. The lowest BCUT2D eigenvalue weighted by Crippen LogP contribution is -2.49. The van der Waals surface area contributed by atoms with Crippen molar-refractivity contribution in [2.45, 2.75) is 44.9 Å². The molecule has 1 aliphatic heterocycles. The predicted molar refractivity (Wildman–Crippen MR) is 115 cm³/mol. The highest BCUT2D eigenvalue weighted by Gasteiger charge is 2.37. The summed E-state index contributed by atoms with van der Waals surface area (Å²) in [4.78, 5) is 19.5. The summed E-state index contributed by atoms with van der Waals surface area (Å²) in [6.07, 6.45) is 2.17. The number of amides is 1. The van der Waals surface area contributed by atoms with Crippen LogP contribution in [0.25, 0.3) is 10.9 Å². The van der Waals surface area contributed by atoms with Gasteiger partial charge in [-0.05, 0) is 31.4 Å². The SMILES string of the molecule is COCCCOc1cc(CN(C(=O)[C@H]2CNCCO2)C2CC2)nc2c(F)ccc(C)c12. The monoisotopic (exact) mass is 431 g/mol. The summed E-state index contributed by atoms with van der Waals surface area (Å²) in [7, 11) is 1.65. The smallest absolute Gasteiger partial charge is 0.253 e. The summed E-state index contributed by atoms with van der Waals surface area (Å²) in [5, 5.41) is 3.88. The number of halogens is 1. The van der Waals surface area contributed by atoms with Crippen molar-refractivity contribution in [3.05, 3.63) is 35.3 Å². The Morgan fingerprint density at radius 2 is 2.19 bits per heavy atom. The molecule has 8 heteroatoms. The molecule has 168 valence electrons. The molecule has 7 nitrogen and oxygen atoms in total. The van der Waals surface area contributed by atoms with Gasteiger partial charge in [-0.25, -0.2) is 9.37 Å². The predicted octanol–water partition coefficient (Wildman–Crippen LogP) is 2.58. The minimum absolute atomic E-state index is 0.0381. The van der Waals surface area contributed by atoms with Crippen LogP contribution >= 0.6 is 0 Å². The number of carbonyl (C=O) groups is 1. The molecule has 0 unspecified atom stereocenters. The number of pyridine rings is 1. The second-order valence-electron chi connectivity index (χ2n) is 8.16. The maximum atomic E-state index is 14.7. The van der Waals surface area contributed by atoms with Gasteiger partial charge in [0.1, 0.15) is 23.2 Å². The first-order valence-electron chi connectivity index (χ1n) is 10.9. The Balaban J connectivity index is 1.62. The third-order valence-corrected chi connectivity index (χ3v) is 5.69. The molecule has 1 saturated heterocycles. The first-order valence-corrected chi connectivity index (χ1v) is 10.9. The summed E-state index contributed by atoms with van der Waals surface area (Å²) < 4.78 is 31.4. The highest BCUT2D eigenvalue weighted by molar-refractivity contribution is 5.89. The molecule has 1 aliphatic carbocycles. The third-order valence-electron chi connectivity index (χ3n) is 5.69. The standard InChI is InChI=1S/C23H30FN3O4/c1-15-4-7-18(24)22-21(15)19(30-10-3-9-29-2)12-16(26-22)14-27(17-5-6-17)23(28)20-13-25-8-11-31-20/h4,7,12,17,20,25H,3,5-6,8-11,13-14H2,1-2H3/t20-/m1/s1. The van der Waals surface area contributed by atoms with E-state index in [9.17, 15) is 9.18 Å². The van der Waals surface area contributed by atoms with Crippen molar-refractivity contribution in [3.63, 3.8) is 0 Å². The molecule has 1 N–H and O–H groups in total. The Morgan fingerprint density at radius 3 is 2.90 bits per heavy atom. The van der Waals surface area contributed by atoms with E-state index in [4.69, 9.17) is 14.2 Å². The van der Waals surface area contributed by atoms with Gasteiger partial charge in [-0.15, -0.1) is 0 Å². The van der Waals surface area contributed by atoms with E-state index in [2.05, 4.69) is 10.3 Å². The Bertz CT molecular complexity index is 929. The highest BCUT2D eigenvalue weighted by atomic mass is 19.1. The molecule has 1 atom stereocenters. The molecular weight excluding hydrogens is 401 g/mol. The summed E-state index contributed by atoms with van der Waals surface area (Å²) >= 11 is 0. The Morgan fingerprint density at radius 1 is 1.35 bits per heavy atom. The minimum Gasteiger partial charge on any atom is -0.493 e. The maximum Gasteiger partial charge on any atom is 0.253 e. The molecule has 1 saturated carbocycles. The quantitative estimate of drug-likeness (QED) is 0.616. The number of carbonyl (C=O) groups excluding carboxylic acids is 1. The first kappa shape index (κ1) is 21.9. The number of hydrogen-bond acceptors (Lipinski definition) is 6. The molecule has 0 bridgehead atoms. The molecule has 31 heavy (non-hydrogen) atoms. The van der Waals surface area contributed by atoms with Crippen LogP contribution in [0.2, 0.25) is 0 Å². The first-order chi connectivity index (χ1) is 15.1. The molecule has 2 heterocycles. The number of nitrogens with one attached hydrogen (secondary N) is 1. The largest absolute Gasteiger partial charge is 0.493 e. The minimum atomic E-state index is -0.487. The van der Waals surface area contributed by atoms with E-state index in [0.717, 1.165) is 31.4 Å². The van der Waals surface area contributed by atoms with Gasteiger partial charge in [0.05, 0.1) is 25.5 Å². The van der Waals surface area contributed by atoms with E-state index in [1.165, 1.54) is 6.07 Å². The van der Waals surface area contributed by atoms with Crippen molar-refractivity contribution in [3.8, 4) is 5.75 Å². The van der Waals surface area contributed by atoms with Crippen molar-refractivity contribution in [1.82, 2.24) is 15.2 Å². The van der Waals surface area contributed by atoms with Crippen LogP contribution in [0, 0.1) is 12.7 Å². The number of ether oxygens (including phenoxy) is 3. The van der Waals surface area contributed by atoms with Gasteiger partial charge >= 0.3 is 0 Å². The zero-order valence-electron chi connectivity index (χ0n) is 18.2. The fourth-order valence-electron chi connectivity index (χ4n) is 3.92. The molecule has 0 radical (unpaired) electrons. The van der Waals surface area contributed by atoms with E-state index in [1.807, 2.05) is 17.9 Å². The number of methoxy groups -OCH3 is 1. The second-order valence-corrected chi connectivity index (χ2v) is 8.16. The van der Waals surface area contributed by atoms with E-state index in [-0.39, 0.29) is 17.5 Å². The lowest BCUT2D eigenvalue weighted by Gasteiger charge is -2.30. The topological polar surface area (TPSA) is 72.9 Å². The molecular formula is C23H30FN3O4. The fourth-order valence-corrected chi connectivity index (χ4v) is 3.92. The number of fused-ring (bicyclic) bond motifs is 1. The van der Waals surface area contributed by atoms with E-state index in [1.54, 1.807) is 13.2 Å². The number of hydrogen-bond donors (Lipinski definition) is 1. The van der Waals surface area contributed by atoms with Crippen LogP contribution in [-0.4, -0.2) is 68.0 Å². The van der Waals surface area contributed by atoms with E-state index >= 15 is 0 Å². The van der Waals surface area contributed by atoms with Crippen LogP contribution in [0.1, 0.15) is 30.5 Å². The summed E-state index contributed by atoms with van der Waals surface area (Å²) in [5.41, 5.74) is 1.79. The zero-order valence-corrected chi connectivity index (χ0v) is 18.2. The average Bonchev–Trinajstić information content (AvgIpc) is 3.63. The number of benzene rings is 1.